The fraction of sp³-hybridized carbons (Fsp3) is 0.421. The van der Waals surface area contributed by atoms with Crippen molar-refractivity contribution in [2.24, 2.45) is 5.10 Å². The molecule has 0 saturated carbocycles. The van der Waals surface area contributed by atoms with Crippen molar-refractivity contribution >= 4 is 49.9 Å². The summed E-state index contributed by atoms with van der Waals surface area (Å²) in [4.78, 5) is 27.8. The lowest BCUT2D eigenvalue weighted by Crippen LogP contribution is -2.44. The number of benzene rings is 1. The normalized spacial score (nSPS) is 21.4. The number of hydrogen-bond acceptors (Lipinski definition) is 5. The molecular formula is C19H21ClN4O4S. The van der Waals surface area contributed by atoms with Crippen molar-refractivity contribution in [1.29, 1.82) is 0 Å². The summed E-state index contributed by atoms with van der Waals surface area (Å²) in [5, 5.41) is 9.89. The smallest absolute Gasteiger partial charge is 0.267 e. The van der Waals surface area contributed by atoms with Gasteiger partial charge in [0.2, 0.25) is 5.91 Å². The fourth-order valence-corrected chi connectivity index (χ4v) is 5.62. The molecule has 1 saturated heterocycles. The van der Waals surface area contributed by atoms with Crippen LogP contribution in [0.4, 0.5) is 0 Å². The monoisotopic (exact) mass is 436 g/mol. The number of rotatable bonds is 5. The average Bonchev–Trinajstić information content (AvgIpc) is 3.24. The third-order valence-electron chi connectivity index (χ3n) is 5.29. The van der Waals surface area contributed by atoms with E-state index in [0.29, 0.717) is 24.4 Å². The molecule has 0 spiro atoms. The summed E-state index contributed by atoms with van der Waals surface area (Å²) >= 11 is 6.06. The molecule has 1 fully saturated rings. The number of halogens is 1. The molecule has 2 aliphatic heterocycles. The van der Waals surface area contributed by atoms with E-state index in [1.165, 1.54) is 5.01 Å². The molecule has 154 valence electrons. The van der Waals surface area contributed by atoms with Gasteiger partial charge in [-0.2, -0.15) is 5.10 Å². The zero-order valence-electron chi connectivity index (χ0n) is 15.7. The molecule has 4 rings (SSSR count). The topological polar surface area (TPSA) is 112 Å². The van der Waals surface area contributed by atoms with Crippen molar-refractivity contribution in [1.82, 2.24) is 15.3 Å². The minimum Gasteiger partial charge on any atom is -0.361 e. The second-order valence-corrected chi connectivity index (χ2v) is 10.0. The molecule has 29 heavy (non-hydrogen) atoms. The van der Waals surface area contributed by atoms with Crippen LogP contribution < -0.4 is 5.32 Å². The summed E-state index contributed by atoms with van der Waals surface area (Å²) in [7, 11) is -3.14. The molecule has 8 nitrogen and oxygen atoms in total. The molecule has 1 aromatic carbocycles. The summed E-state index contributed by atoms with van der Waals surface area (Å²) in [5.74, 6) is -0.617. The summed E-state index contributed by atoms with van der Waals surface area (Å²) in [6.45, 7) is 0.406. The molecule has 3 heterocycles. The first-order valence-electron chi connectivity index (χ1n) is 9.46. The summed E-state index contributed by atoms with van der Waals surface area (Å²) in [5.41, 5.74) is 2.28. The highest BCUT2D eigenvalue weighted by Crippen LogP contribution is 2.23. The minimum atomic E-state index is -3.14. The maximum absolute atomic E-state index is 12.5. The predicted molar refractivity (Wildman–Crippen MR) is 111 cm³/mol. The first-order valence-corrected chi connectivity index (χ1v) is 11.7. The van der Waals surface area contributed by atoms with E-state index in [1.54, 1.807) is 0 Å². The van der Waals surface area contributed by atoms with E-state index in [0.717, 1.165) is 16.5 Å². The third-order valence-corrected chi connectivity index (χ3v) is 7.27. The van der Waals surface area contributed by atoms with Gasteiger partial charge in [-0.3, -0.25) is 9.59 Å². The van der Waals surface area contributed by atoms with E-state index in [1.807, 2.05) is 24.4 Å². The maximum atomic E-state index is 12.5. The highest BCUT2D eigenvalue weighted by atomic mass is 35.5. The van der Waals surface area contributed by atoms with Crippen LogP contribution in [-0.4, -0.2) is 60.0 Å². The standard InChI is InChI=1S/C19H21ClN4O4S/c20-13-1-2-16-15(9-13)12(10-22-16)5-7-21-19(26)17-3-4-18(25)24(23-17)14-6-8-29(27,28)11-14/h1-2,9-10,14,22H,3-8,11H2,(H,21,26). The Kier molecular flexibility index (Phi) is 5.35. The van der Waals surface area contributed by atoms with E-state index in [-0.39, 0.29) is 41.9 Å². The molecule has 2 aliphatic rings. The Labute approximate surface area is 173 Å². The number of amides is 2. The Balaban J connectivity index is 1.39. The Morgan fingerprint density at radius 3 is 2.93 bits per heavy atom. The number of hydrazone groups is 1. The van der Waals surface area contributed by atoms with Gasteiger partial charge in [0, 0.05) is 41.5 Å². The van der Waals surface area contributed by atoms with E-state index < -0.39 is 15.9 Å². The first kappa shape index (κ1) is 19.9. The van der Waals surface area contributed by atoms with Crippen molar-refractivity contribution in [3.05, 3.63) is 35.0 Å². The molecule has 0 aliphatic carbocycles. The number of nitrogens with zero attached hydrogens (tertiary/aromatic N) is 2. The number of hydrogen-bond donors (Lipinski definition) is 2. The van der Waals surface area contributed by atoms with Gasteiger partial charge in [0.25, 0.3) is 5.91 Å². The Hall–Kier alpha value is -2.39. The second kappa shape index (κ2) is 7.79. The molecule has 1 aromatic heterocycles. The van der Waals surface area contributed by atoms with Gasteiger partial charge < -0.3 is 10.3 Å². The highest BCUT2D eigenvalue weighted by Gasteiger charge is 2.37. The molecule has 1 atom stereocenters. The van der Waals surface area contributed by atoms with Crippen molar-refractivity contribution < 1.29 is 18.0 Å². The van der Waals surface area contributed by atoms with E-state index in [2.05, 4.69) is 15.4 Å². The van der Waals surface area contributed by atoms with Crippen LogP contribution in [0.5, 0.6) is 0 Å². The van der Waals surface area contributed by atoms with Gasteiger partial charge in [-0.05, 0) is 36.6 Å². The maximum Gasteiger partial charge on any atom is 0.267 e. The zero-order valence-corrected chi connectivity index (χ0v) is 17.2. The Morgan fingerprint density at radius 2 is 2.17 bits per heavy atom. The van der Waals surface area contributed by atoms with Gasteiger partial charge in [0.1, 0.15) is 5.71 Å². The van der Waals surface area contributed by atoms with Gasteiger partial charge in [-0.25, -0.2) is 13.4 Å². The van der Waals surface area contributed by atoms with Crippen LogP contribution in [0.15, 0.2) is 29.5 Å². The van der Waals surface area contributed by atoms with Gasteiger partial charge in [0.05, 0.1) is 17.5 Å². The van der Waals surface area contributed by atoms with Gasteiger partial charge >= 0.3 is 0 Å². The van der Waals surface area contributed by atoms with Crippen molar-refractivity contribution in [2.75, 3.05) is 18.1 Å². The number of fused-ring (bicyclic) bond motifs is 1. The Bertz CT molecular complexity index is 1110. The lowest BCUT2D eigenvalue weighted by atomic mass is 10.1. The second-order valence-electron chi connectivity index (χ2n) is 7.35. The lowest BCUT2D eigenvalue weighted by Gasteiger charge is -2.27. The Morgan fingerprint density at radius 1 is 1.34 bits per heavy atom. The number of aromatic amines is 1. The molecule has 2 amide bonds. The average molecular weight is 437 g/mol. The summed E-state index contributed by atoms with van der Waals surface area (Å²) < 4.78 is 23.4. The number of H-pyrrole nitrogens is 1. The molecule has 2 N–H and O–H groups in total. The van der Waals surface area contributed by atoms with Crippen LogP contribution in [0.3, 0.4) is 0 Å². The number of aromatic nitrogens is 1. The van der Waals surface area contributed by atoms with Crippen LogP contribution in [0.2, 0.25) is 5.02 Å². The SMILES string of the molecule is O=C(NCCc1c[nH]c2ccc(Cl)cc12)C1=NN(C2CCS(=O)(=O)C2)C(=O)CC1. The predicted octanol–water partition coefficient (Wildman–Crippen LogP) is 1.65. The zero-order chi connectivity index (χ0) is 20.6. The molecule has 0 radical (unpaired) electrons. The quantitative estimate of drug-likeness (QED) is 0.742. The van der Waals surface area contributed by atoms with Gasteiger partial charge in [-0.15, -0.1) is 0 Å². The third kappa shape index (κ3) is 4.30. The van der Waals surface area contributed by atoms with Crippen LogP contribution in [0, 0.1) is 0 Å². The van der Waals surface area contributed by atoms with Gasteiger partial charge in [-0.1, -0.05) is 11.6 Å². The van der Waals surface area contributed by atoms with Crippen LogP contribution in [0.1, 0.15) is 24.8 Å². The fourth-order valence-electron chi connectivity index (χ4n) is 3.76. The largest absolute Gasteiger partial charge is 0.361 e. The van der Waals surface area contributed by atoms with Crippen molar-refractivity contribution in [3.63, 3.8) is 0 Å². The molecule has 2 aromatic rings. The minimum absolute atomic E-state index is 0.0487. The number of sulfone groups is 1. The van der Waals surface area contributed by atoms with E-state index in [9.17, 15) is 18.0 Å². The number of carbonyl (C=O) groups excluding carboxylic acids is 2. The van der Waals surface area contributed by atoms with Crippen molar-refractivity contribution in [2.45, 2.75) is 31.7 Å². The summed E-state index contributed by atoms with van der Waals surface area (Å²) in [6.07, 6.45) is 3.28. The van der Waals surface area contributed by atoms with Crippen molar-refractivity contribution in [3.8, 4) is 0 Å². The van der Waals surface area contributed by atoms with E-state index >= 15 is 0 Å². The number of carbonyl (C=O) groups is 2. The van der Waals surface area contributed by atoms with Gasteiger partial charge in [0.15, 0.2) is 9.84 Å². The number of nitrogens with one attached hydrogen (secondary N) is 2. The molecule has 10 heteroatoms. The summed E-state index contributed by atoms with van der Waals surface area (Å²) in [6, 6.07) is 5.13. The first-order chi connectivity index (χ1) is 13.8. The molecular weight excluding hydrogens is 416 g/mol. The molecule has 1 unspecified atom stereocenters. The van der Waals surface area contributed by atoms with Crippen LogP contribution in [0.25, 0.3) is 10.9 Å². The van der Waals surface area contributed by atoms with Crippen LogP contribution >= 0.6 is 11.6 Å². The van der Waals surface area contributed by atoms with E-state index in [4.69, 9.17) is 11.6 Å². The molecule has 0 bridgehead atoms. The lowest BCUT2D eigenvalue weighted by molar-refractivity contribution is -0.133. The highest BCUT2D eigenvalue weighted by molar-refractivity contribution is 7.91. The van der Waals surface area contributed by atoms with Crippen LogP contribution in [-0.2, 0) is 25.8 Å².